The standard InChI is InChI=1S/C52H45N9O8S/c1-58-27-54-45(33-10-14-38-35(22-33)25-60(51(38)66)40-16-18-42(62)56-49(40)64)47(58)30-6-4-29(5-7-30)32-20-21-53-44(24-32)69-52-39-15-11-34(23-36(39)26-61(52)41-17-19-43(63)57-50(41)65)46-48(59(2)28-55-46)31-8-12-37(13-9-31)70(3,67)68/h4-15,20-24,27-28,40-41,52H,16-19,25-26H2,1-3H3,(H,56,62,64)(H,57,63,65). The van der Waals surface area contributed by atoms with Crippen molar-refractivity contribution in [2.75, 3.05) is 6.26 Å². The summed E-state index contributed by atoms with van der Waals surface area (Å²) >= 11 is 0. The number of hydrogen-bond acceptors (Lipinski definition) is 12. The van der Waals surface area contributed by atoms with Crippen LogP contribution >= 0.6 is 0 Å². The van der Waals surface area contributed by atoms with E-state index in [-0.39, 0.29) is 54.3 Å². The van der Waals surface area contributed by atoms with Crippen molar-refractivity contribution in [3.05, 3.63) is 138 Å². The quantitative estimate of drug-likeness (QED) is 0.157. The summed E-state index contributed by atoms with van der Waals surface area (Å²) in [5.41, 5.74) is 11.3. The van der Waals surface area contributed by atoms with Crippen molar-refractivity contribution in [2.45, 2.75) is 62.0 Å². The molecule has 7 aromatic rings. The van der Waals surface area contributed by atoms with Crippen LogP contribution in [0.2, 0.25) is 0 Å². The van der Waals surface area contributed by atoms with Gasteiger partial charge in [0.2, 0.25) is 29.5 Å². The Hall–Kier alpha value is -8.09. The van der Waals surface area contributed by atoms with Crippen LogP contribution in [0.4, 0.5) is 0 Å². The molecule has 4 aliphatic rings. The molecule has 5 amide bonds. The molecule has 4 aromatic carbocycles. The van der Waals surface area contributed by atoms with Crippen molar-refractivity contribution in [2.24, 2.45) is 14.1 Å². The Morgan fingerprint density at radius 3 is 1.77 bits per heavy atom. The molecule has 352 valence electrons. The van der Waals surface area contributed by atoms with Gasteiger partial charge in [0.15, 0.2) is 16.1 Å². The maximum absolute atomic E-state index is 13.4. The van der Waals surface area contributed by atoms with Gasteiger partial charge in [-0.25, -0.2) is 28.3 Å². The molecule has 3 aromatic heterocycles. The van der Waals surface area contributed by atoms with E-state index in [1.807, 2.05) is 94.9 Å². The number of carbonyl (C=O) groups excluding carboxylic acids is 5. The summed E-state index contributed by atoms with van der Waals surface area (Å²) in [6, 6.07) is 28.8. The molecule has 2 N–H and O–H groups in total. The first kappa shape index (κ1) is 44.4. The maximum atomic E-state index is 13.4. The predicted molar refractivity (Wildman–Crippen MR) is 256 cm³/mol. The molecule has 18 heteroatoms. The van der Waals surface area contributed by atoms with Crippen LogP contribution in [0, 0.1) is 0 Å². The number of aryl methyl sites for hydroxylation is 2. The lowest BCUT2D eigenvalue weighted by Gasteiger charge is -2.33. The number of imide groups is 2. The molecule has 70 heavy (non-hydrogen) atoms. The number of pyridine rings is 1. The largest absolute Gasteiger partial charge is 0.454 e. The smallest absolute Gasteiger partial charge is 0.255 e. The Morgan fingerprint density at radius 2 is 1.16 bits per heavy atom. The lowest BCUT2D eigenvalue weighted by molar-refractivity contribution is -0.141. The third-order valence-electron chi connectivity index (χ3n) is 13.6. The number of carbonyl (C=O) groups is 5. The molecule has 0 spiro atoms. The molecule has 2 fully saturated rings. The lowest BCUT2D eigenvalue weighted by Crippen LogP contribution is -2.52. The van der Waals surface area contributed by atoms with Gasteiger partial charge < -0.3 is 18.8 Å². The summed E-state index contributed by atoms with van der Waals surface area (Å²) in [6.45, 7) is 0.611. The second kappa shape index (κ2) is 17.1. The molecule has 3 unspecified atom stereocenters. The van der Waals surface area contributed by atoms with Crippen LogP contribution in [-0.4, -0.2) is 90.2 Å². The van der Waals surface area contributed by atoms with E-state index in [2.05, 4.69) is 15.6 Å². The minimum atomic E-state index is -3.38. The van der Waals surface area contributed by atoms with Crippen LogP contribution < -0.4 is 15.4 Å². The summed E-state index contributed by atoms with van der Waals surface area (Å²) in [6.07, 6.45) is 6.60. The fraction of sp³-hybridized carbons (Fsp3) is 0.231. The van der Waals surface area contributed by atoms with E-state index in [1.165, 1.54) is 11.2 Å². The number of hydrogen-bond donors (Lipinski definition) is 2. The van der Waals surface area contributed by atoms with E-state index in [1.54, 1.807) is 49.2 Å². The lowest BCUT2D eigenvalue weighted by atomic mass is 9.99. The molecule has 2 saturated heterocycles. The highest BCUT2D eigenvalue weighted by Crippen LogP contribution is 2.42. The summed E-state index contributed by atoms with van der Waals surface area (Å²) in [5.74, 6) is -1.38. The zero-order valence-corrected chi connectivity index (χ0v) is 39.1. The van der Waals surface area contributed by atoms with Crippen LogP contribution in [0.1, 0.15) is 59.0 Å². The van der Waals surface area contributed by atoms with Crippen molar-refractivity contribution in [3.63, 3.8) is 0 Å². The maximum Gasteiger partial charge on any atom is 0.255 e. The van der Waals surface area contributed by atoms with Crippen LogP contribution in [0.25, 0.3) is 56.2 Å². The Balaban J connectivity index is 0.856. The molecule has 0 aliphatic carbocycles. The van der Waals surface area contributed by atoms with Crippen molar-refractivity contribution >= 4 is 39.4 Å². The predicted octanol–water partition coefficient (Wildman–Crippen LogP) is 5.75. The third kappa shape index (κ3) is 7.93. The van der Waals surface area contributed by atoms with Gasteiger partial charge in [0.25, 0.3) is 5.91 Å². The first-order chi connectivity index (χ1) is 33.7. The first-order valence-corrected chi connectivity index (χ1v) is 24.6. The number of benzene rings is 4. The molecule has 0 radical (unpaired) electrons. The van der Waals surface area contributed by atoms with Crippen molar-refractivity contribution in [1.82, 2.24) is 44.5 Å². The van der Waals surface area contributed by atoms with E-state index in [0.29, 0.717) is 30.1 Å². The van der Waals surface area contributed by atoms with Gasteiger partial charge in [-0.2, -0.15) is 0 Å². The Bertz CT molecular complexity index is 3460. The number of fused-ring (bicyclic) bond motifs is 2. The third-order valence-corrected chi connectivity index (χ3v) is 14.8. The number of rotatable bonds is 10. The number of ether oxygens (including phenoxy) is 1. The van der Waals surface area contributed by atoms with Gasteiger partial charge in [0, 0.05) is 91.9 Å². The number of aromatic nitrogens is 5. The molecule has 4 aliphatic heterocycles. The second-order valence-corrected chi connectivity index (χ2v) is 20.2. The molecule has 11 rings (SSSR count). The summed E-state index contributed by atoms with van der Waals surface area (Å²) in [4.78, 5) is 81.3. The number of nitrogens with zero attached hydrogens (tertiary/aromatic N) is 7. The average Bonchev–Trinajstić information content (AvgIpc) is 4.11. The zero-order valence-electron chi connectivity index (χ0n) is 38.2. The molecular formula is C52H45N9O8S. The topological polar surface area (TPSA) is 208 Å². The van der Waals surface area contributed by atoms with Crippen LogP contribution in [0.3, 0.4) is 0 Å². The monoisotopic (exact) mass is 955 g/mol. The average molecular weight is 956 g/mol. The SMILES string of the molecule is Cn1cnc(-c2ccc3c(c2)CN(C2CCC(=O)NC2=O)C3=O)c1-c1ccc(-c2ccnc(OC3c4ccc(-c5ncn(C)c5-c5ccc(S(C)(=O)=O)cc5)cc4CN3C3CCC(=O)NC3=O)c2)cc1. The van der Waals surface area contributed by atoms with E-state index in [0.717, 1.165) is 67.2 Å². The number of amides is 5. The molecular weight excluding hydrogens is 911 g/mol. The number of nitrogens with one attached hydrogen (secondary N) is 2. The zero-order chi connectivity index (χ0) is 48.6. The molecule has 17 nitrogen and oxygen atoms in total. The first-order valence-electron chi connectivity index (χ1n) is 22.8. The minimum Gasteiger partial charge on any atom is -0.454 e. The van der Waals surface area contributed by atoms with Gasteiger partial charge in [-0.3, -0.25) is 34.6 Å². The molecule has 0 saturated carbocycles. The second-order valence-electron chi connectivity index (χ2n) is 18.2. The van der Waals surface area contributed by atoms with Crippen LogP contribution in [-0.2, 0) is 56.2 Å². The minimum absolute atomic E-state index is 0.184. The highest BCUT2D eigenvalue weighted by Gasteiger charge is 2.43. The van der Waals surface area contributed by atoms with Crippen molar-refractivity contribution in [3.8, 4) is 62.0 Å². The summed E-state index contributed by atoms with van der Waals surface area (Å²) in [7, 11) is 0.433. The highest BCUT2D eigenvalue weighted by atomic mass is 32.2. The summed E-state index contributed by atoms with van der Waals surface area (Å²) in [5, 5.41) is 4.86. The van der Waals surface area contributed by atoms with Gasteiger partial charge in [0.1, 0.15) is 6.04 Å². The van der Waals surface area contributed by atoms with E-state index < -0.39 is 34.1 Å². The van der Waals surface area contributed by atoms with Crippen molar-refractivity contribution < 1.29 is 37.1 Å². The number of sulfone groups is 1. The van der Waals surface area contributed by atoms with Gasteiger partial charge in [-0.1, -0.05) is 54.6 Å². The van der Waals surface area contributed by atoms with E-state index >= 15 is 0 Å². The Morgan fingerprint density at radius 1 is 0.600 bits per heavy atom. The fourth-order valence-corrected chi connectivity index (χ4v) is 10.8. The van der Waals surface area contributed by atoms with Gasteiger partial charge in [-0.05, 0) is 71.5 Å². The molecule has 0 bridgehead atoms. The molecule has 7 heterocycles. The normalized spacial score (nSPS) is 19.3. The van der Waals surface area contributed by atoms with E-state index in [4.69, 9.17) is 14.7 Å². The van der Waals surface area contributed by atoms with Gasteiger partial charge >= 0.3 is 0 Å². The van der Waals surface area contributed by atoms with Crippen LogP contribution in [0.15, 0.2) is 121 Å². The highest BCUT2D eigenvalue weighted by molar-refractivity contribution is 7.90. The number of imidazole rings is 2. The Kier molecular flexibility index (Phi) is 10.9. The van der Waals surface area contributed by atoms with Gasteiger partial charge in [0.05, 0.1) is 46.4 Å². The fourth-order valence-electron chi connectivity index (χ4n) is 10.1. The van der Waals surface area contributed by atoms with Crippen LogP contribution in [0.5, 0.6) is 5.88 Å². The Labute approximate surface area is 402 Å². The van der Waals surface area contributed by atoms with Crippen molar-refractivity contribution in [1.29, 1.82) is 0 Å². The number of piperidine rings is 2. The summed E-state index contributed by atoms with van der Waals surface area (Å²) < 4.78 is 34.9. The van der Waals surface area contributed by atoms with E-state index in [9.17, 15) is 32.4 Å². The van der Waals surface area contributed by atoms with Gasteiger partial charge in [-0.15, -0.1) is 0 Å². The molecule has 3 atom stereocenters.